The molecule has 0 aromatic heterocycles. The third-order valence-corrected chi connectivity index (χ3v) is 3.73. The smallest absolute Gasteiger partial charge is 0.193 e. The van der Waals surface area contributed by atoms with Crippen LogP contribution in [0.2, 0.25) is 0 Å². The highest BCUT2D eigenvalue weighted by Crippen LogP contribution is 2.24. The number of hydrogen-bond donors (Lipinski definition) is 1. The molecule has 0 spiro atoms. The quantitative estimate of drug-likeness (QED) is 0.673. The van der Waals surface area contributed by atoms with Gasteiger partial charge in [0, 0.05) is 11.1 Å². The molecule has 2 aromatic rings. The van der Waals surface area contributed by atoms with Crippen LogP contribution in [0.5, 0.6) is 5.75 Å². The number of hydrogen-bond acceptors (Lipinski definition) is 3. The molecule has 0 saturated heterocycles. The molecule has 0 aliphatic rings. The first-order chi connectivity index (χ1) is 10.1. The largest absolute Gasteiger partial charge is 0.495 e. The number of methoxy groups -OCH3 is 1. The van der Waals surface area contributed by atoms with E-state index in [1.54, 1.807) is 25.3 Å². The van der Waals surface area contributed by atoms with Crippen molar-refractivity contribution in [3.05, 3.63) is 58.7 Å². The van der Waals surface area contributed by atoms with E-state index in [-0.39, 0.29) is 5.78 Å². The fraction of sp³-hybridized carbons (Fsp3) is 0.278. The van der Waals surface area contributed by atoms with Crippen molar-refractivity contribution in [3.63, 3.8) is 0 Å². The summed E-state index contributed by atoms with van der Waals surface area (Å²) in [7, 11) is 1.55. The van der Waals surface area contributed by atoms with E-state index in [0.717, 1.165) is 12.8 Å². The molecule has 0 atom stereocenters. The van der Waals surface area contributed by atoms with Crippen LogP contribution >= 0.6 is 0 Å². The van der Waals surface area contributed by atoms with Gasteiger partial charge in [0.1, 0.15) is 5.75 Å². The van der Waals surface area contributed by atoms with Crippen LogP contribution < -0.4 is 10.5 Å². The summed E-state index contributed by atoms with van der Waals surface area (Å²) in [6, 6.07) is 11.1. The van der Waals surface area contributed by atoms with Gasteiger partial charge in [0.2, 0.25) is 0 Å². The van der Waals surface area contributed by atoms with Crippen molar-refractivity contribution in [2.45, 2.75) is 26.7 Å². The molecular formula is C18H21NO2. The molecule has 0 unspecified atom stereocenters. The first-order valence-electron chi connectivity index (χ1n) is 7.20. The van der Waals surface area contributed by atoms with E-state index in [1.165, 1.54) is 11.1 Å². The molecule has 2 aromatic carbocycles. The van der Waals surface area contributed by atoms with Gasteiger partial charge >= 0.3 is 0 Å². The molecule has 21 heavy (non-hydrogen) atoms. The first-order valence-corrected chi connectivity index (χ1v) is 7.20. The predicted molar refractivity (Wildman–Crippen MR) is 86.0 cm³/mol. The number of benzene rings is 2. The van der Waals surface area contributed by atoms with Crippen molar-refractivity contribution in [3.8, 4) is 5.75 Å². The van der Waals surface area contributed by atoms with E-state index in [1.807, 2.05) is 18.2 Å². The van der Waals surface area contributed by atoms with E-state index in [4.69, 9.17) is 10.5 Å². The molecule has 0 heterocycles. The number of aryl methyl sites for hydroxylation is 2. The minimum Gasteiger partial charge on any atom is -0.495 e. The van der Waals surface area contributed by atoms with Crippen molar-refractivity contribution in [2.24, 2.45) is 0 Å². The van der Waals surface area contributed by atoms with Crippen LogP contribution in [0.4, 0.5) is 5.69 Å². The molecule has 0 aliphatic heterocycles. The molecule has 0 aliphatic carbocycles. The van der Waals surface area contributed by atoms with Crippen LogP contribution in [0.3, 0.4) is 0 Å². The fourth-order valence-electron chi connectivity index (χ4n) is 2.46. The number of ketones is 1. The van der Waals surface area contributed by atoms with E-state index in [2.05, 4.69) is 13.8 Å². The molecule has 0 radical (unpaired) electrons. The van der Waals surface area contributed by atoms with Gasteiger partial charge in [-0.05, 0) is 48.2 Å². The maximum Gasteiger partial charge on any atom is 0.193 e. The summed E-state index contributed by atoms with van der Waals surface area (Å²) >= 11 is 0. The second-order valence-electron chi connectivity index (χ2n) is 4.98. The minimum absolute atomic E-state index is 0.00865. The molecule has 3 nitrogen and oxygen atoms in total. The molecule has 0 saturated carbocycles. The SMILES string of the molecule is CCc1ccc(C(=O)c2ccc(N)c(OC)c2)cc1CC. The molecule has 2 N–H and O–H groups in total. The molecule has 3 heteroatoms. The summed E-state index contributed by atoms with van der Waals surface area (Å²) in [5.41, 5.74) is 10.1. The molecule has 0 bridgehead atoms. The van der Waals surface area contributed by atoms with Crippen LogP contribution in [-0.4, -0.2) is 12.9 Å². The number of carbonyl (C=O) groups excluding carboxylic acids is 1. The fourth-order valence-corrected chi connectivity index (χ4v) is 2.46. The summed E-state index contributed by atoms with van der Waals surface area (Å²) in [5.74, 6) is 0.521. The van der Waals surface area contributed by atoms with Gasteiger partial charge in [-0.25, -0.2) is 0 Å². The van der Waals surface area contributed by atoms with Crippen molar-refractivity contribution in [1.82, 2.24) is 0 Å². The van der Waals surface area contributed by atoms with Crippen molar-refractivity contribution < 1.29 is 9.53 Å². The highest BCUT2D eigenvalue weighted by Gasteiger charge is 2.13. The summed E-state index contributed by atoms with van der Waals surface area (Å²) in [5, 5.41) is 0. The van der Waals surface area contributed by atoms with Gasteiger partial charge in [-0.3, -0.25) is 4.79 Å². The Balaban J connectivity index is 2.40. The molecule has 0 amide bonds. The zero-order valence-corrected chi connectivity index (χ0v) is 12.8. The van der Waals surface area contributed by atoms with Crippen molar-refractivity contribution >= 4 is 11.5 Å². The second kappa shape index (κ2) is 6.44. The summed E-state index contributed by atoms with van der Waals surface area (Å²) in [6.45, 7) is 4.23. The van der Waals surface area contributed by atoms with Crippen LogP contribution in [0.15, 0.2) is 36.4 Å². The van der Waals surface area contributed by atoms with E-state index in [9.17, 15) is 4.79 Å². The Bertz CT molecular complexity index is 662. The molecule has 0 fully saturated rings. The highest BCUT2D eigenvalue weighted by atomic mass is 16.5. The third-order valence-electron chi connectivity index (χ3n) is 3.73. The summed E-state index contributed by atoms with van der Waals surface area (Å²) in [6.07, 6.45) is 1.91. The van der Waals surface area contributed by atoms with Crippen molar-refractivity contribution in [1.29, 1.82) is 0 Å². The lowest BCUT2D eigenvalue weighted by Crippen LogP contribution is -2.04. The van der Waals surface area contributed by atoms with E-state index < -0.39 is 0 Å². The van der Waals surface area contributed by atoms with Crippen molar-refractivity contribution in [2.75, 3.05) is 12.8 Å². The van der Waals surface area contributed by atoms with Gasteiger partial charge in [-0.15, -0.1) is 0 Å². The standard InChI is InChI=1S/C18H21NO2/c1-4-12-6-7-14(10-13(12)5-2)18(20)15-8-9-16(19)17(11-15)21-3/h6-11H,4-5,19H2,1-3H3. The van der Waals surface area contributed by atoms with E-state index >= 15 is 0 Å². The van der Waals surface area contributed by atoms with Gasteiger partial charge in [-0.2, -0.15) is 0 Å². The normalized spacial score (nSPS) is 10.4. The lowest BCUT2D eigenvalue weighted by Gasteiger charge is -2.10. The van der Waals surface area contributed by atoms with E-state index in [0.29, 0.717) is 22.6 Å². The minimum atomic E-state index is -0.00865. The van der Waals surface area contributed by atoms with Crippen LogP contribution in [0.25, 0.3) is 0 Å². The average molecular weight is 283 g/mol. The predicted octanol–water partition coefficient (Wildman–Crippen LogP) is 3.63. The van der Waals surface area contributed by atoms with Crippen LogP contribution in [-0.2, 0) is 12.8 Å². The maximum atomic E-state index is 12.6. The highest BCUT2D eigenvalue weighted by molar-refractivity contribution is 6.09. The molecular weight excluding hydrogens is 262 g/mol. The van der Waals surface area contributed by atoms with Gasteiger partial charge in [-0.1, -0.05) is 26.0 Å². The average Bonchev–Trinajstić information content (AvgIpc) is 2.53. The van der Waals surface area contributed by atoms with Gasteiger partial charge in [0.15, 0.2) is 5.78 Å². The zero-order valence-electron chi connectivity index (χ0n) is 12.8. The summed E-state index contributed by atoms with van der Waals surface area (Å²) in [4.78, 5) is 12.6. The molecule has 110 valence electrons. The topological polar surface area (TPSA) is 52.3 Å². The lowest BCUT2D eigenvalue weighted by atomic mass is 9.96. The Labute approximate surface area is 125 Å². The third kappa shape index (κ3) is 3.07. The second-order valence-corrected chi connectivity index (χ2v) is 4.98. The molecule has 2 rings (SSSR count). The number of nitrogens with two attached hydrogens (primary N) is 1. The van der Waals surface area contributed by atoms with Gasteiger partial charge < -0.3 is 10.5 Å². The lowest BCUT2D eigenvalue weighted by molar-refractivity contribution is 0.103. The zero-order chi connectivity index (χ0) is 15.4. The maximum absolute atomic E-state index is 12.6. The van der Waals surface area contributed by atoms with Gasteiger partial charge in [0.05, 0.1) is 12.8 Å². The van der Waals surface area contributed by atoms with Gasteiger partial charge in [0.25, 0.3) is 0 Å². The number of anilines is 1. The summed E-state index contributed by atoms with van der Waals surface area (Å²) < 4.78 is 5.18. The monoisotopic (exact) mass is 283 g/mol. The Morgan fingerprint density at radius 3 is 2.24 bits per heavy atom. The number of carbonyl (C=O) groups is 1. The Morgan fingerprint density at radius 1 is 1.00 bits per heavy atom. The number of ether oxygens (including phenoxy) is 1. The first kappa shape index (κ1) is 15.1. The number of nitrogen functional groups attached to an aromatic ring is 1. The van der Waals surface area contributed by atoms with Crippen LogP contribution in [0, 0.1) is 0 Å². The van der Waals surface area contributed by atoms with Crippen LogP contribution in [0.1, 0.15) is 40.9 Å². The Morgan fingerprint density at radius 2 is 1.62 bits per heavy atom. The number of rotatable bonds is 5. The Hall–Kier alpha value is -2.29. The Kier molecular flexibility index (Phi) is 4.63.